The SMILES string of the molecule is OCCc1cc([C@@H]2CCCCN2CC2CC2)n[nH]1. The highest BCUT2D eigenvalue weighted by atomic mass is 16.3. The Morgan fingerprint density at radius 3 is 3.00 bits per heavy atom. The van der Waals surface area contributed by atoms with E-state index in [1.54, 1.807) is 0 Å². The van der Waals surface area contributed by atoms with E-state index < -0.39 is 0 Å². The zero-order chi connectivity index (χ0) is 12.4. The molecule has 3 rings (SSSR count). The average molecular weight is 249 g/mol. The largest absolute Gasteiger partial charge is 0.396 e. The van der Waals surface area contributed by atoms with E-state index in [2.05, 4.69) is 21.2 Å². The van der Waals surface area contributed by atoms with Crippen LogP contribution in [0.4, 0.5) is 0 Å². The lowest BCUT2D eigenvalue weighted by atomic mass is 9.98. The second-order valence-electron chi connectivity index (χ2n) is 5.74. The van der Waals surface area contributed by atoms with E-state index in [0.29, 0.717) is 12.5 Å². The maximum absolute atomic E-state index is 8.96. The van der Waals surface area contributed by atoms with Crippen LogP contribution in [0.25, 0.3) is 0 Å². The molecule has 100 valence electrons. The molecule has 0 spiro atoms. The number of aliphatic hydroxyl groups excluding tert-OH is 1. The van der Waals surface area contributed by atoms with Gasteiger partial charge in [0.1, 0.15) is 0 Å². The van der Waals surface area contributed by atoms with Crippen LogP contribution in [0.5, 0.6) is 0 Å². The first kappa shape index (κ1) is 12.2. The third-order valence-electron chi connectivity index (χ3n) is 4.18. The molecule has 2 aliphatic rings. The van der Waals surface area contributed by atoms with Crippen molar-refractivity contribution in [1.82, 2.24) is 15.1 Å². The molecule has 4 heteroatoms. The molecule has 0 radical (unpaired) electrons. The second-order valence-corrected chi connectivity index (χ2v) is 5.74. The Bertz CT molecular complexity index is 386. The van der Waals surface area contributed by atoms with Crippen molar-refractivity contribution < 1.29 is 5.11 Å². The number of hydrogen-bond acceptors (Lipinski definition) is 3. The summed E-state index contributed by atoms with van der Waals surface area (Å²) in [6, 6.07) is 2.65. The van der Waals surface area contributed by atoms with Gasteiger partial charge in [0.05, 0.1) is 11.7 Å². The van der Waals surface area contributed by atoms with Gasteiger partial charge in [-0.3, -0.25) is 10.00 Å². The summed E-state index contributed by atoms with van der Waals surface area (Å²) in [5.74, 6) is 0.946. The van der Waals surface area contributed by atoms with E-state index in [1.807, 2.05) is 0 Å². The molecule has 1 saturated heterocycles. The Morgan fingerprint density at radius 2 is 2.22 bits per heavy atom. The van der Waals surface area contributed by atoms with Crippen molar-refractivity contribution in [3.63, 3.8) is 0 Å². The molecule has 4 nitrogen and oxygen atoms in total. The van der Waals surface area contributed by atoms with Gasteiger partial charge in [0.2, 0.25) is 0 Å². The fraction of sp³-hybridized carbons (Fsp3) is 0.786. The van der Waals surface area contributed by atoms with Gasteiger partial charge in [0.15, 0.2) is 0 Å². The van der Waals surface area contributed by atoms with Crippen LogP contribution in [0.2, 0.25) is 0 Å². The molecular formula is C14H23N3O. The molecule has 2 fully saturated rings. The number of hydrogen-bond donors (Lipinski definition) is 2. The molecule has 1 atom stereocenters. The topological polar surface area (TPSA) is 52.1 Å². The number of aliphatic hydroxyl groups is 1. The molecule has 1 aliphatic carbocycles. The lowest BCUT2D eigenvalue weighted by Gasteiger charge is -2.34. The molecule has 1 saturated carbocycles. The van der Waals surface area contributed by atoms with Crippen molar-refractivity contribution in [1.29, 1.82) is 0 Å². The third kappa shape index (κ3) is 2.75. The van der Waals surface area contributed by atoms with Gasteiger partial charge >= 0.3 is 0 Å². The highest BCUT2D eigenvalue weighted by Crippen LogP contribution is 2.36. The van der Waals surface area contributed by atoms with Gasteiger partial charge in [-0.1, -0.05) is 6.42 Å². The number of H-pyrrole nitrogens is 1. The summed E-state index contributed by atoms with van der Waals surface area (Å²) in [5, 5.41) is 16.5. The van der Waals surface area contributed by atoms with Gasteiger partial charge in [-0.15, -0.1) is 0 Å². The minimum atomic E-state index is 0.193. The van der Waals surface area contributed by atoms with Crippen molar-refractivity contribution in [2.75, 3.05) is 19.7 Å². The summed E-state index contributed by atoms with van der Waals surface area (Å²) >= 11 is 0. The summed E-state index contributed by atoms with van der Waals surface area (Å²) < 4.78 is 0. The second kappa shape index (κ2) is 5.41. The smallest absolute Gasteiger partial charge is 0.0796 e. The fourth-order valence-corrected chi connectivity index (χ4v) is 2.98. The highest BCUT2D eigenvalue weighted by Gasteiger charge is 2.31. The Kier molecular flexibility index (Phi) is 3.66. The van der Waals surface area contributed by atoms with Crippen LogP contribution in [0.3, 0.4) is 0 Å². The summed E-state index contributed by atoms with van der Waals surface area (Å²) in [4.78, 5) is 2.63. The molecule has 0 unspecified atom stereocenters. The highest BCUT2D eigenvalue weighted by molar-refractivity contribution is 5.14. The average Bonchev–Trinajstić information content (AvgIpc) is 3.07. The zero-order valence-electron chi connectivity index (χ0n) is 10.9. The maximum Gasteiger partial charge on any atom is 0.0796 e. The Balaban J connectivity index is 1.69. The summed E-state index contributed by atoms with van der Waals surface area (Å²) in [5.41, 5.74) is 2.24. The van der Waals surface area contributed by atoms with Crippen LogP contribution in [0.15, 0.2) is 6.07 Å². The number of nitrogens with zero attached hydrogens (tertiary/aromatic N) is 2. The van der Waals surface area contributed by atoms with Crippen LogP contribution in [0.1, 0.15) is 49.5 Å². The van der Waals surface area contributed by atoms with Crippen LogP contribution in [-0.2, 0) is 6.42 Å². The van der Waals surface area contributed by atoms with E-state index >= 15 is 0 Å². The summed E-state index contributed by atoms with van der Waals surface area (Å²) in [6.07, 6.45) is 7.39. The molecule has 0 bridgehead atoms. The molecule has 2 heterocycles. The molecule has 0 aromatic carbocycles. The summed E-state index contributed by atoms with van der Waals surface area (Å²) in [7, 11) is 0. The van der Waals surface area contributed by atoms with E-state index in [4.69, 9.17) is 5.11 Å². The number of piperidine rings is 1. The van der Waals surface area contributed by atoms with Crippen LogP contribution < -0.4 is 0 Å². The summed E-state index contributed by atoms with van der Waals surface area (Å²) in [6.45, 7) is 2.67. The first-order chi connectivity index (χ1) is 8.86. The minimum absolute atomic E-state index is 0.193. The molecule has 1 aliphatic heterocycles. The van der Waals surface area contributed by atoms with Gasteiger partial charge < -0.3 is 5.11 Å². The predicted octanol–water partition coefficient (Wildman–Crippen LogP) is 1.88. The van der Waals surface area contributed by atoms with Gasteiger partial charge in [-0.25, -0.2) is 0 Å². The third-order valence-corrected chi connectivity index (χ3v) is 4.18. The zero-order valence-corrected chi connectivity index (χ0v) is 10.9. The van der Waals surface area contributed by atoms with Gasteiger partial charge in [0.25, 0.3) is 0 Å². The Hall–Kier alpha value is -0.870. The Labute approximate surface area is 108 Å². The fourth-order valence-electron chi connectivity index (χ4n) is 2.98. The lowest BCUT2D eigenvalue weighted by Crippen LogP contribution is -2.35. The van der Waals surface area contributed by atoms with Crippen LogP contribution in [-0.4, -0.2) is 39.9 Å². The first-order valence-corrected chi connectivity index (χ1v) is 7.26. The number of nitrogens with one attached hydrogen (secondary N) is 1. The standard InChI is InChI=1S/C14H23N3O/c18-8-6-12-9-13(16-15-12)14-3-1-2-7-17(14)10-11-4-5-11/h9,11,14,18H,1-8,10H2,(H,15,16)/t14-/m0/s1. The van der Waals surface area contributed by atoms with Crippen molar-refractivity contribution >= 4 is 0 Å². The Morgan fingerprint density at radius 1 is 1.33 bits per heavy atom. The number of likely N-dealkylation sites (tertiary alicyclic amines) is 1. The normalized spacial score (nSPS) is 25.5. The maximum atomic E-state index is 8.96. The lowest BCUT2D eigenvalue weighted by molar-refractivity contribution is 0.139. The van der Waals surface area contributed by atoms with Crippen LogP contribution >= 0.6 is 0 Å². The monoisotopic (exact) mass is 249 g/mol. The van der Waals surface area contributed by atoms with Crippen molar-refractivity contribution in [2.45, 2.75) is 44.6 Å². The molecular weight excluding hydrogens is 226 g/mol. The van der Waals surface area contributed by atoms with E-state index in [0.717, 1.165) is 11.6 Å². The molecule has 2 N–H and O–H groups in total. The molecule has 0 amide bonds. The quantitative estimate of drug-likeness (QED) is 0.837. The number of aromatic amines is 1. The van der Waals surface area contributed by atoms with Gasteiger partial charge in [0, 0.05) is 25.3 Å². The molecule has 1 aromatic heterocycles. The van der Waals surface area contributed by atoms with E-state index in [1.165, 1.54) is 50.9 Å². The van der Waals surface area contributed by atoms with E-state index in [-0.39, 0.29) is 6.61 Å². The number of rotatable bonds is 5. The van der Waals surface area contributed by atoms with Crippen LogP contribution in [0, 0.1) is 5.92 Å². The minimum Gasteiger partial charge on any atom is -0.396 e. The number of aromatic nitrogens is 2. The van der Waals surface area contributed by atoms with E-state index in [9.17, 15) is 0 Å². The van der Waals surface area contributed by atoms with Crippen molar-refractivity contribution in [3.05, 3.63) is 17.5 Å². The molecule has 18 heavy (non-hydrogen) atoms. The van der Waals surface area contributed by atoms with Crippen molar-refractivity contribution in [3.8, 4) is 0 Å². The van der Waals surface area contributed by atoms with Gasteiger partial charge in [-0.05, 0) is 44.2 Å². The first-order valence-electron chi connectivity index (χ1n) is 7.26. The molecule has 1 aromatic rings. The van der Waals surface area contributed by atoms with Gasteiger partial charge in [-0.2, -0.15) is 5.10 Å². The van der Waals surface area contributed by atoms with Crippen molar-refractivity contribution in [2.24, 2.45) is 5.92 Å². The predicted molar refractivity (Wildman–Crippen MR) is 70.3 cm³/mol.